The summed E-state index contributed by atoms with van der Waals surface area (Å²) in [7, 11) is -3.08. The molecule has 10 heteroatoms. The maximum absolute atomic E-state index is 12.1. The Kier molecular flexibility index (Phi) is 5.95. The normalized spacial score (nSPS) is 20.2. The Labute approximate surface area is 150 Å². The number of nitrogens with one attached hydrogen (secondary N) is 3. The van der Waals surface area contributed by atoms with E-state index in [-0.39, 0.29) is 11.5 Å². The van der Waals surface area contributed by atoms with E-state index in [1.165, 1.54) is 13.0 Å². The molecule has 0 aromatic heterocycles. The summed E-state index contributed by atoms with van der Waals surface area (Å²) in [6.07, 6.45) is 0.369. The lowest BCUT2D eigenvalue weighted by molar-refractivity contribution is -0.117. The largest absolute Gasteiger partial charge is 0.334 e. The van der Waals surface area contributed by atoms with Gasteiger partial charge in [-0.1, -0.05) is 23.2 Å². The standard InChI is InChI=1S/C14H17Cl2N3O4S/c1-8(13(20)19-12-6-9(15)2-3-11(12)16)17-14(21)18-10-4-5-24(22,23)7-10/h2-3,6,8,10H,4-5,7H2,1H3,(H,19,20)(H2,17,18,21)/t8-,10-/m0/s1. The first-order valence-electron chi connectivity index (χ1n) is 7.19. The van der Waals surface area contributed by atoms with Crippen LogP contribution >= 0.6 is 23.2 Å². The molecule has 0 aliphatic carbocycles. The molecule has 1 saturated heterocycles. The molecule has 0 unspecified atom stereocenters. The second-order valence-electron chi connectivity index (χ2n) is 5.55. The van der Waals surface area contributed by atoms with Crippen molar-refractivity contribution in [2.24, 2.45) is 0 Å². The molecular weight excluding hydrogens is 377 g/mol. The predicted octanol–water partition coefficient (Wildman–Crippen LogP) is 1.81. The summed E-state index contributed by atoms with van der Waals surface area (Å²) < 4.78 is 22.7. The van der Waals surface area contributed by atoms with Gasteiger partial charge in [-0.25, -0.2) is 13.2 Å². The number of halogens is 2. The van der Waals surface area contributed by atoms with Gasteiger partial charge in [-0.2, -0.15) is 0 Å². The van der Waals surface area contributed by atoms with E-state index in [0.717, 1.165) is 0 Å². The van der Waals surface area contributed by atoms with Crippen LogP contribution in [0.4, 0.5) is 10.5 Å². The quantitative estimate of drug-likeness (QED) is 0.725. The Bertz CT molecular complexity index is 754. The van der Waals surface area contributed by atoms with Crippen LogP contribution in [0.3, 0.4) is 0 Å². The minimum absolute atomic E-state index is 0.0568. The summed E-state index contributed by atoms with van der Waals surface area (Å²) in [5.74, 6) is -0.506. The molecule has 2 atom stereocenters. The second kappa shape index (κ2) is 7.58. The summed E-state index contributed by atoms with van der Waals surface area (Å²) >= 11 is 11.8. The van der Waals surface area contributed by atoms with Crippen molar-refractivity contribution in [2.75, 3.05) is 16.8 Å². The number of amides is 3. The molecule has 3 N–H and O–H groups in total. The lowest BCUT2D eigenvalue weighted by Crippen LogP contribution is -2.49. The van der Waals surface area contributed by atoms with Gasteiger partial charge in [0.15, 0.2) is 9.84 Å². The van der Waals surface area contributed by atoms with E-state index in [1.54, 1.807) is 12.1 Å². The molecule has 3 amide bonds. The van der Waals surface area contributed by atoms with Gasteiger partial charge in [0.1, 0.15) is 6.04 Å². The van der Waals surface area contributed by atoms with Crippen LogP contribution in [-0.4, -0.2) is 43.9 Å². The van der Waals surface area contributed by atoms with Crippen LogP contribution in [0.2, 0.25) is 10.0 Å². The SMILES string of the molecule is C[C@H](NC(=O)N[C@H]1CCS(=O)(=O)C1)C(=O)Nc1cc(Cl)ccc1Cl. The highest BCUT2D eigenvalue weighted by molar-refractivity contribution is 7.91. The third kappa shape index (κ3) is 5.25. The Balaban J connectivity index is 1.87. The molecule has 0 radical (unpaired) electrons. The highest BCUT2D eigenvalue weighted by Gasteiger charge is 2.29. The van der Waals surface area contributed by atoms with Crippen LogP contribution in [0.1, 0.15) is 13.3 Å². The highest BCUT2D eigenvalue weighted by atomic mass is 35.5. The summed E-state index contributed by atoms with van der Waals surface area (Å²) in [5, 5.41) is 8.31. The Hall–Kier alpha value is -1.51. The van der Waals surface area contributed by atoms with Crippen LogP contribution in [0.5, 0.6) is 0 Å². The Morgan fingerprint density at radius 2 is 2.00 bits per heavy atom. The third-order valence-corrected chi connectivity index (χ3v) is 5.83. The first-order chi connectivity index (χ1) is 11.2. The molecule has 132 valence electrons. The Morgan fingerprint density at radius 3 is 2.62 bits per heavy atom. The van der Waals surface area contributed by atoms with Crippen LogP contribution in [0.25, 0.3) is 0 Å². The third-order valence-electron chi connectivity index (χ3n) is 3.49. The first kappa shape index (κ1) is 18.8. The fourth-order valence-electron chi connectivity index (χ4n) is 2.23. The van der Waals surface area contributed by atoms with Crippen molar-refractivity contribution in [1.29, 1.82) is 0 Å². The van der Waals surface area contributed by atoms with Gasteiger partial charge in [-0.15, -0.1) is 0 Å². The monoisotopic (exact) mass is 393 g/mol. The van der Waals surface area contributed by atoms with E-state index in [1.807, 2.05) is 0 Å². The van der Waals surface area contributed by atoms with Crippen LogP contribution in [0, 0.1) is 0 Å². The van der Waals surface area contributed by atoms with Crippen molar-refractivity contribution in [3.05, 3.63) is 28.2 Å². The zero-order chi connectivity index (χ0) is 17.9. The zero-order valence-electron chi connectivity index (χ0n) is 12.8. The number of urea groups is 1. The lowest BCUT2D eigenvalue weighted by atomic mass is 10.2. The van der Waals surface area contributed by atoms with Gasteiger partial charge in [0.2, 0.25) is 5.91 Å². The van der Waals surface area contributed by atoms with Gasteiger partial charge in [0.05, 0.1) is 22.2 Å². The number of carbonyl (C=O) groups excluding carboxylic acids is 2. The van der Waals surface area contributed by atoms with Crippen molar-refractivity contribution >= 4 is 50.7 Å². The van der Waals surface area contributed by atoms with Gasteiger partial charge in [0.25, 0.3) is 0 Å². The smallest absolute Gasteiger partial charge is 0.315 e. The van der Waals surface area contributed by atoms with Crippen molar-refractivity contribution in [3.8, 4) is 0 Å². The minimum atomic E-state index is -3.08. The highest BCUT2D eigenvalue weighted by Crippen LogP contribution is 2.25. The van der Waals surface area contributed by atoms with Gasteiger partial charge in [-0.05, 0) is 31.5 Å². The van der Waals surface area contributed by atoms with E-state index in [0.29, 0.717) is 22.2 Å². The van der Waals surface area contributed by atoms with Gasteiger partial charge in [0, 0.05) is 11.1 Å². The summed E-state index contributed by atoms with van der Waals surface area (Å²) in [6.45, 7) is 1.50. The molecule has 0 spiro atoms. The topological polar surface area (TPSA) is 104 Å². The molecule has 1 aliphatic rings. The molecule has 24 heavy (non-hydrogen) atoms. The summed E-state index contributed by atoms with van der Waals surface area (Å²) in [5.41, 5.74) is 0.338. The van der Waals surface area contributed by atoms with Gasteiger partial charge >= 0.3 is 6.03 Å². The maximum atomic E-state index is 12.1. The zero-order valence-corrected chi connectivity index (χ0v) is 15.1. The number of anilines is 1. The molecule has 1 heterocycles. The number of hydrogen-bond donors (Lipinski definition) is 3. The average Bonchev–Trinajstić information content (AvgIpc) is 2.81. The molecule has 0 saturated carbocycles. The number of carbonyl (C=O) groups is 2. The van der Waals surface area contributed by atoms with Crippen molar-refractivity contribution in [1.82, 2.24) is 10.6 Å². The van der Waals surface area contributed by atoms with Crippen LogP contribution in [-0.2, 0) is 14.6 Å². The number of sulfone groups is 1. The lowest BCUT2D eigenvalue weighted by Gasteiger charge is -2.17. The van der Waals surface area contributed by atoms with Gasteiger partial charge < -0.3 is 16.0 Å². The van der Waals surface area contributed by atoms with Gasteiger partial charge in [-0.3, -0.25) is 4.79 Å². The van der Waals surface area contributed by atoms with Crippen molar-refractivity contribution < 1.29 is 18.0 Å². The van der Waals surface area contributed by atoms with Crippen molar-refractivity contribution in [2.45, 2.75) is 25.4 Å². The molecule has 1 aromatic rings. The fourth-order valence-corrected chi connectivity index (χ4v) is 4.24. The summed E-state index contributed by atoms with van der Waals surface area (Å²) in [4.78, 5) is 24.0. The molecule has 1 fully saturated rings. The predicted molar refractivity (Wildman–Crippen MR) is 93.3 cm³/mol. The second-order valence-corrected chi connectivity index (χ2v) is 8.63. The number of benzene rings is 1. The average molecular weight is 394 g/mol. The molecule has 7 nitrogen and oxygen atoms in total. The molecule has 1 aliphatic heterocycles. The van der Waals surface area contributed by atoms with Crippen LogP contribution in [0.15, 0.2) is 18.2 Å². The fraction of sp³-hybridized carbons (Fsp3) is 0.429. The van der Waals surface area contributed by atoms with E-state index in [4.69, 9.17) is 23.2 Å². The molecule has 2 rings (SSSR count). The summed E-state index contributed by atoms with van der Waals surface area (Å²) in [6, 6.07) is 2.75. The molecule has 0 bridgehead atoms. The number of rotatable bonds is 4. The molecule has 1 aromatic carbocycles. The Morgan fingerprint density at radius 1 is 1.29 bits per heavy atom. The van der Waals surface area contributed by atoms with E-state index in [9.17, 15) is 18.0 Å². The van der Waals surface area contributed by atoms with E-state index >= 15 is 0 Å². The van der Waals surface area contributed by atoms with E-state index < -0.39 is 33.9 Å². The maximum Gasteiger partial charge on any atom is 0.315 e. The molecular formula is C14H17Cl2N3O4S. The minimum Gasteiger partial charge on any atom is -0.334 e. The van der Waals surface area contributed by atoms with Crippen molar-refractivity contribution in [3.63, 3.8) is 0 Å². The first-order valence-corrected chi connectivity index (χ1v) is 9.77. The van der Waals surface area contributed by atoms with Crippen LogP contribution < -0.4 is 16.0 Å². The number of hydrogen-bond acceptors (Lipinski definition) is 4. The van der Waals surface area contributed by atoms with E-state index in [2.05, 4.69) is 16.0 Å².